The zero-order valence-electron chi connectivity index (χ0n) is 38.0. The summed E-state index contributed by atoms with van der Waals surface area (Å²) in [7, 11) is 1.72. The minimum absolute atomic E-state index is 0.0223. The number of pyridine rings is 1. The van der Waals surface area contributed by atoms with E-state index in [0.29, 0.717) is 77.5 Å². The number of aryl methyl sites for hydroxylation is 3. The van der Waals surface area contributed by atoms with E-state index in [1.54, 1.807) is 60.7 Å². The van der Waals surface area contributed by atoms with E-state index in [9.17, 15) is 9.59 Å². The van der Waals surface area contributed by atoms with Gasteiger partial charge in [-0.25, -0.2) is 23.1 Å². The summed E-state index contributed by atoms with van der Waals surface area (Å²) in [4.78, 5) is 53.1. The number of aromatic amines is 1. The van der Waals surface area contributed by atoms with Crippen molar-refractivity contribution in [1.82, 2.24) is 53.3 Å². The number of hydrogen-bond donors (Lipinski definition) is 1. The number of fused-ring (bicyclic) bond motifs is 6. The van der Waals surface area contributed by atoms with Crippen molar-refractivity contribution in [2.45, 2.75) is 109 Å². The standard InChI is InChI=1S/C49H49F2N11O5/c1-25-16-31(17-26(2)41(25)50)62-43(59-14-13-58(47(59)65)37-11-10-35-32(42(37)51)23-53-57(35)6)40-34(55-62)20-30-8-7-9-36(40)60(30)44(63)38-19-29-18-33(28-12-15-66-48(4,5)22-28)52-24-39(29)61(38)49(21-27(49)3)45-54-46(64)67-56-45/h10-11,13-14,16-19,23-24,27-28,30,36H,7-9,12,15,20-22H2,1-6H3,(H,54,56,64)/t27-,28-,30+,36-,49-/m0/s1. The first-order chi connectivity index (χ1) is 32.1. The van der Waals surface area contributed by atoms with Crippen LogP contribution in [0.25, 0.3) is 39.0 Å². The van der Waals surface area contributed by atoms with Crippen LogP contribution in [0.2, 0.25) is 0 Å². The molecule has 12 rings (SSSR count). The van der Waals surface area contributed by atoms with E-state index in [2.05, 4.69) is 42.1 Å². The van der Waals surface area contributed by atoms with Gasteiger partial charge in [0.1, 0.15) is 22.9 Å². The zero-order chi connectivity index (χ0) is 46.4. The van der Waals surface area contributed by atoms with E-state index >= 15 is 13.6 Å². The predicted octanol–water partition coefficient (Wildman–Crippen LogP) is 7.37. The summed E-state index contributed by atoms with van der Waals surface area (Å²) in [6.45, 7) is 10.2. The number of nitrogens with zero attached hydrogens (tertiary/aromatic N) is 10. The molecule has 1 saturated carbocycles. The van der Waals surface area contributed by atoms with Crippen LogP contribution < -0.4 is 11.4 Å². The Balaban J connectivity index is 1.03. The summed E-state index contributed by atoms with van der Waals surface area (Å²) < 4.78 is 50.5. The van der Waals surface area contributed by atoms with Crippen LogP contribution in [0.15, 0.2) is 75.3 Å². The molecule has 6 aromatic heterocycles. The van der Waals surface area contributed by atoms with Crippen LogP contribution in [-0.2, 0) is 23.7 Å². The summed E-state index contributed by atoms with van der Waals surface area (Å²) >= 11 is 0. The number of halogens is 2. The Morgan fingerprint density at radius 3 is 2.45 bits per heavy atom. The average molecular weight is 910 g/mol. The molecule has 0 spiro atoms. The van der Waals surface area contributed by atoms with Crippen molar-refractivity contribution < 1.29 is 22.8 Å². The molecule has 344 valence electrons. The largest absolute Gasteiger partial charge is 0.438 e. The molecule has 1 aliphatic carbocycles. The molecule has 1 amide bonds. The first kappa shape index (κ1) is 41.5. The number of aromatic nitrogens is 10. The number of benzene rings is 2. The molecule has 3 fully saturated rings. The van der Waals surface area contributed by atoms with E-state index in [-0.39, 0.29) is 46.3 Å². The van der Waals surface area contributed by atoms with Crippen molar-refractivity contribution in [3.63, 3.8) is 0 Å². The Kier molecular flexibility index (Phi) is 8.99. The van der Waals surface area contributed by atoms with Gasteiger partial charge in [0.15, 0.2) is 11.6 Å². The number of ether oxygens (including phenoxy) is 1. The van der Waals surface area contributed by atoms with Crippen LogP contribution in [0.5, 0.6) is 0 Å². The molecule has 18 heteroatoms. The molecular weight excluding hydrogens is 861 g/mol. The number of carbonyl (C=O) groups is 1. The number of carbonyl (C=O) groups excluding carboxylic acids is 1. The van der Waals surface area contributed by atoms with E-state index < -0.39 is 28.8 Å². The fourth-order valence-electron chi connectivity index (χ4n) is 11.7. The van der Waals surface area contributed by atoms with E-state index in [0.717, 1.165) is 41.6 Å². The van der Waals surface area contributed by atoms with Gasteiger partial charge in [0.2, 0.25) is 0 Å². The second-order valence-electron chi connectivity index (χ2n) is 19.7. The second-order valence-corrected chi connectivity index (χ2v) is 19.7. The highest BCUT2D eigenvalue weighted by Crippen LogP contribution is 2.56. The van der Waals surface area contributed by atoms with Crippen molar-refractivity contribution in [1.29, 1.82) is 0 Å². The highest BCUT2D eigenvalue weighted by molar-refractivity contribution is 6.00. The monoisotopic (exact) mass is 909 g/mol. The maximum absolute atomic E-state index is 16.2. The Morgan fingerprint density at radius 2 is 1.72 bits per heavy atom. The topological polar surface area (TPSA) is 169 Å². The van der Waals surface area contributed by atoms with Gasteiger partial charge in [-0.05, 0) is 120 Å². The summed E-state index contributed by atoms with van der Waals surface area (Å²) in [5, 5.41) is 14.7. The van der Waals surface area contributed by atoms with Crippen LogP contribution in [0.1, 0.15) is 116 Å². The minimum atomic E-state index is -0.891. The molecule has 5 atom stereocenters. The van der Waals surface area contributed by atoms with Crippen molar-refractivity contribution in [2.75, 3.05) is 6.61 Å². The number of H-pyrrole nitrogens is 1. The maximum atomic E-state index is 16.2. The van der Waals surface area contributed by atoms with Crippen molar-refractivity contribution in [2.24, 2.45) is 13.0 Å². The molecule has 16 nitrogen and oxygen atoms in total. The molecule has 4 aliphatic rings. The molecule has 2 bridgehead atoms. The van der Waals surface area contributed by atoms with E-state index in [1.807, 2.05) is 21.7 Å². The fourth-order valence-corrected chi connectivity index (χ4v) is 11.7. The van der Waals surface area contributed by atoms with Gasteiger partial charge in [-0.3, -0.25) is 33.1 Å². The molecule has 9 heterocycles. The summed E-state index contributed by atoms with van der Waals surface area (Å²) in [6.07, 6.45) is 11.1. The third-order valence-corrected chi connectivity index (χ3v) is 15.1. The van der Waals surface area contributed by atoms with Gasteiger partial charge in [-0.15, -0.1) is 0 Å². The van der Waals surface area contributed by atoms with Gasteiger partial charge in [0.05, 0.1) is 57.5 Å². The van der Waals surface area contributed by atoms with Crippen molar-refractivity contribution in [3.05, 3.63) is 133 Å². The Labute approximate surface area is 381 Å². The molecule has 1 N–H and O–H groups in total. The van der Waals surface area contributed by atoms with Crippen molar-refractivity contribution in [3.8, 4) is 17.2 Å². The van der Waals surface area contributed by atoms with Gasteiger partial charge in [0.25, 0.3) is 5.91 Å². The molecule has 0 radical (unpaired) electrons. The number of rotatable bonds is 7. The van der Waals surface area contributed by atoms with Gasteiger partial charge in [0, 0.05) is 61.1 Å². The van der Waals surface area contributed by atoms with Crippen LogP contribution in [-0.4, -0.2) is 77.4 Å². The Hall–Kier alpha value is -6.95. The number of imidazole rings is 1. The van der Waals surface area contributed by atoms with Crippen LogP contribution in [0.3, 0.4) is 0 Å². The molecule has 8 aromatic rings. The molecule has 3 aliphatic heterocycles. The molecule has 67 heavy (non-hydrogen) atoms. The molecule has 0 unspecified atom stereocenters. The van der Waals surface area contributed by atoms with Crippen LogP contribution >= 0.6 is 0 Å². The van der Waals surface area contributed by atoms with Gasteiger partial charge in [-0.2, -0.15) is 10.2 Å². The SMILES string of the molecule is Cc1cc(-n2nc3c(c2-n2ccn(-c4ccc5c(cnn5C)c4F)c2=O)[C@@H]2CCC[C@H](C3)N2C(=O)c2cc3cc([C@H]4CCOC(C)(C)C4)ncc3n2[C@@]2(c3noc(=O)[nH]3)C[C@@H]2C)cc(C)c1F. The number of nitrogens with one attached hydrogen (secondary N) is 1. The smallest absolute Gasteiger partial charge is 0.376 e. The lowest BCUT2D eigenvalue weighted by molar-refractivity contribution is -0.0597. The minimum Gasteiger partial charge on any atom is -0.376 e. The lowest BCUT2D eigenvalue weighted by Crippen LogP contribution is -2.50. The van der Waals surface area contributed by atoms with Crippen molar-refractivity contribution >= 4 is 27.7 Å². The summed E-state index contributed by atoms with van der Waals surface area (Å²) in [5.41, 5.74) is 3.71. The predicted molar refractivity (Wildman–Crippen MR) is 242 cm³/mol. The quantitative estimate of drug-likeness (QED) is 0.172. The lowest BCUT2D eigenvalue weighted by atomic mass is 9.82. The normalized spacial score (nSPS) is 23.3. The maximum Gasteiger partial charge on any atom is 0.438 e. The number of amides is 1. The van der Waals surface area contributed by atoms with E-state index in [1.165, 1.54) is 21.5 Å². The number of piperidine rings is 1. The highest BCUT2D eigenvalue weighted by atomic mass is 19.1. The summed E-state index contributed by atoms with van der Waals surface area (Å²) in [6, 6.07) is 9.91. The third kappa shape index (κ3) is 6.13. The molecular formula is C49H49F2N11O5. The first-order valence-electron chi connectivity index (χ1n) is 23.0. The van der Waals surface area contributed by atoms with Crippen LogP contribution in [0, 0.1) is 31.4 Å². The Morgan fingerprint density at radius 1 is 0.940 bits per heavy atom. The molecule has 2 aromatic carbocycles. The average Bonchev–Trinajstić information content (AvgIpc) is 3.92. The number of hydrogen-bond acceptors (Lipinski definition) is 9. The van der Waals surface area contributed by atoms with Gasteiger partial charge >= 0.3 is 11.4 Å². The lowest BCUT2D eigenvalue weighted by Gasteiger charge is -2.46. The second kappa shape index (κ2) is 14.5. The Bertz CT molecular complexity index is 3470. The van der Waals surface area contributed by atoms with Gasteiger partial charge < -0.3 is 14.2 Å². The van der Waals surface area contributed by atoms with E-state index in [4.69, 9.17) is 19.3 Å². The fraction of sp³-hybridized carbons (Fsp3) is 0.408. The third-order valence-electron chi connectivity index (χ3n) is 15.1. The highest BCUT2D eigenvalue weighted by Gasteiger charge is 2.59. The van der Waals surface area contributed by atoms with Crippen LogP contribution in [0.4, 0.5) is 8.78 Å². The first-order valence-corrected chi connectivity index (χ1v) is 23.0. The summed E-state index contributed by atoms with van der Waals surface area (Å²) in [5.74, 6) is -0.979. The van der Waals surface area contributed by atoms with Gasteiger partial charge in [-0.1, -0.05) is 12.1 Å². The zero-order valence-corrected chi connectivity index (χ0v) is 38.0. The molecule has 2 saturated heterocycles.